The standard InChI is InChI=1S/C25H26N6O2/c26-23-22-21(18-7-4-8-20(11-18)33-14-16-5-2-1-3-6-16)13-31(24(22)30-15-29-23)19-9-17(10-19)12-28-25(27)32/h1-8,11,13,15,17,19H,9-10,12,14H2,(H2,26,29,30)(H3,27,28,32)/t17-,19+. The molecule has 0 aliphatic heterocycles. The number of hydrogen-bond donors (Lipinski definition) is 3. The number of fused-ring (bicyclic) bond motifs is 1. The molecular weight excluding hydrogens is 416 g/mol. The fraction of sp³-hybridized carbons (Fsp3) is 0.240. The van der Waals surface area contributed by atoms with Crippen LogP contribution in [0.1, 0.15) is 24.4 Å². The third-order valence-corrected chi connectivity index (χ3v) is 6.20. The number of rotatable bonds is 7. The normalized spacial score (nSPS) is 17.5. The number of anilines is 1. The number of primary amides is 1. The predicted molar refractivity (Wildman–Crippen MR) is 127 cm³/mol. The van der Waals surface area contributed by atoms with E-state index in [0.29, 0.717) is 24.9 Å². The largest absolute Gasteiger partial charge is 0.489 e. The number of aromatic nitrogens is 3. The molecule has 0 spiro atoms. The van der Waals surface area contributed by atoms with Crippen LogP contribution in [0.4, 0.5) is 10.6 Å². The minimum atomic E-state index is -0.484. The molecule has 2 heterocycles. The number of nitrogens with zero attached hydrogens (tertiary/aromatic N) is 3. The maximum atomic E-state index is 11.0. The van der Waals surface area contributed by atoms with Gasteiger partial charge in [0.1, 0.15) is 30.1 Å². The Morgan fingerprint density at radius 3 is 2.73 bits per heavy atom. The Morgan fingerprint density at radius 1 is 1.12 bits per heavy atom. The second-order valence-electron chi connectivity index (χ2n) is 8.45. The van der Waals surface area contributed by atoms with Gasteiger partial charge in [0.25, 0.3) is 0 Å². The second-order valence-corrected chi connectivity index (χ2v) is 8.45. The maximum absolute atomic E-state index is 11.0. The van der Waals surface area contributed by atoms with Crippen LogP contribution in [0.25, 0.3) is 22.2 Å². The lowest BCUT2D eigenvalue weighted by Crippen LogP contribution is -2.39. The molecule has 1 aliphatic carbocycles. The summed E-state index contributed by atoms with van der Waals surface area (Å²) < 4.78 is 8.21. The van der Waals surface area contributed by atoms with Crippen molar-refractivity contribution >= 4 is 22.9 Å². The molecule has 5 N–H and O–H groups in total. The van der Waals surface area contributed by atoms with Gasteiger partial charge in [0.05, 0.1) is 5.39 Å². The van der Waals surface area contributed by atoms with Crippen molar-refractivity contribution < 1.29 is 9.53 Å². The van der Waals surface area contributed by atoms with E-state index < -0.39 is 6.03 Å². The Labute approximate surface area is 191 Å². The Hall–Kier alpha value is -4.07. The highest BCUT2D eigenvalue weighted by atomic mass is 16.5. The van der Waals surface area contributed by atoms with Gasteiger partial charge in [-0.15, -0.1) is 0 Å². The number of nitrogens with one attached hydrogen (secondary N) is 1. The number of urea groups is 1. The molecule has 0 radical (unpaired) electrons. The van der Waals surface area contributed by atoms with E-state index >= 15 is 0 Å². The van der Waals surface area contributed by atoms with E-state index in [1.807, 2.05) is 54.6 Å². The fourth-order valence-corrected chi connectivity index (χ4v) is 4.44. The van der Waals surface area contributed by atoms with E-state index in [1.54, 1.807) is 0 Å². The zero-order chi connectivity index (χ0) is 22.8. The molecular formula is C25H26N6O2. The Kier molecular flexibility index (Phi) is 5.56. The average Bonchev–Trinajstić information content (AvgIpc) is 3.18. The van der Waals surface area contributed by atoms with Crippen molar-refractivity contribution in [1.82, 2.24) is 19.9 Å². The maximum Gasteiger partial charge on any atom is 0.312 e. The number of nitrogen functional groups attached to an aromatic ring is 1. The smallest absolute Gasteiger partial charge is 0.312 e. The summed E-state index contributed by atoms with van der Waals surface area (Å²) in [5.41, 5.74) is 15.4. The van der Waals surface area contributed by atoms with Crippen LogP contribution < -0.4 is 21.5 Å². The van der Waals surface area contributed by atoms with Crippen LogP contribution >= 0.6 is 0 Å². The summed E-state index contributed by atoms with van der Waals surface area (Å²) in [6.07, 6.45) is 5.48. The van der Waals surface area contributed by atoms with Crippen molar-refractivity contribution in [1.29, 1.82) is 0 Å². The Morgan fingerprint density at radius 2 is 1.94 bits per heavy atom. The molecule has 5 rings (SSSR count). The number of nitrogens with two attached hydrogens (primary N) is 2. The van der Waals surface area contributed by atoms with Gasteiger partial charge < -0.3 is 26.1 Å². The molecule has 33 heavy (non-hydrogen) atoms. The minimum absolute atomic E-state index is 0.285. The highest BCUT2D eigenvalue weighted by Crippen LogP contribution is 2.42. The molecule has 4 aromatic rings. The Balaban J connectivity index is 1.41. The van der Waals surface area contributed by atoms with Gasteiger partial charge >= 0.3 is 6.03 Å². The molecule has 2 amide bonds. The molecule has 2 aromatic heterocycles. The van der Waals surface area contributed by atoms with Gasteiger partial charge in [-0.05, 0) is 42.0 Å². The summed E-state index contributed by atoms with van der Waals surface area (Å²) in [6.45, 7) is 1.09. The zero-order valence-corrected chi connectivity index (χ0v) is 18.1. The molecule has 0 bridgehead atoms. The highest BCUT2D eigenvalue weighted by molar-refractivity contribution is 6.00. The van der Waals surface area contributed by atoms with Crippen LogP contribution in [0.2, 0.25) is 0 Å². The molecule has 0 saturated heterocycles. The lowest BCUT2D eigenvalue weighted by molar-refractivity contribution is 0.194. The first-order valence-corrected chi connectivity index (χ1v) is 11.0. The van der Waals surface area contributed by atoms with Crippen LogP contribution in [-0.2, 0) is 6.61 Å². The highest BCUT2D eigenvalue weighted by Gasteiger charge is 2.32. The van der Waals surface area contributed by atoms with Gasteiger partial charge in [-0.2, -0.15) is 0 Å². The topological polar surface area (TPSA) is 121 Å². The van der Waals surface area contributed by atoms with E-state index in [2.05, 4.69) is 26.0 Å². The molecule has 0 unspecified atom stereocenters. The van der Waals surface area contributed by atoms with Crippen LogP contribution in [0.15, 0.2) is 67.1 Å². The molecule has 0 atom stereocenters. The number of amides is 2. The van der Waals surface area contributed by atoms with E-state index in [4.69, 9.17) is 16.2 Å². The molecule has 8 heteroatoms. The van der Waals surface area contributed by atoms with Gasteiger partial charge in [-0.25, -0.2) is 14.8 Å². The van der Waals surface area contributed by atoms with E-state index in [0.717, 1.165) is 46.3 Å². The molecule has 2 aromatic carbocycles. The van der Waals surface area contributed by atoms with Gasteiger partial charge in [0.2, 0.25) is 0 Å². The van der Waals surface area contributed by atoms with Gasteiger partial charge in [-0.1, -0.05) is 42.5 Å². The van der Waals surface area contributed by atoms with Crippen molar-refractivity contribution in [3.63, 3.8) is 0 Å². The van der Waals surface area contributed by atoms with Gasteiger partial charge in [0.15, 0.2) is 0 Å². The third-order valence-electron chi connectivity index (χ3n) is 6.20. The van der Waals surface area contributed by atoms with Crippen LogP contribution in [-0.4, -0.2) is 27.1 Å². The van der Waals surface area contributed by atoms with Crippen molar-refractivity contribution in [3.8, 4) is 16.9 Å². The van der Waals surface area contributed by atoms with Crippen molar-refractivity contribution in [2.45, 2.75) is 25.5 Å². The quantitative estimate of drug-likeness (QED) is 0.401. The second kappa shape index (κ2) is 8.82. The summed E-state index contributed by atoms with van der Waals surface area (Å²) in [5, 5.41) is 3.54. The first-order valence-electron chi connectivity index (χ1n) is 11.0. The number of carbonyl (C=O) groups is 1. The van der Waals surface area contributed by atoms with Crippen LogP contribution in [0, 0.1) is 5.92 Å². The summed E-state index contributed by atoms with van der Waals surface area (Å²) in [6, 6.07) is 17.9. The SMILES string of the molecule is NC(=O)NC[C@H]1C[C@@H](n2cc(-c3cccc(OCc4ccccc4)c3)c3c(N)ncnc32)C1. The molecule has 168 valence electrons. The van der Waals surface area contributed by atoms with E-state index in [9.17, 15) is 4.79 Å². The summed E-state index contributed by atoms with van der Waals surface area (Å²) in [4.78, 5) is 19.8. The molecule has 1 fully saturated rings. The molecule has 1 aliphatic rings. The van der Waals surface area contributed by atoms with E-state index in [-0.39, 0.29) is 6.04 Å². The minimum Gasteiger partial charge on any atom is -0.489 e. The van der Waals surface area contributed by atoms with Crippen molar-refractivity contribution in [3.05, 3.63) is 72.7 Å². The van der Waals surface area contributed by atoms with Crippen LogP contribution in [0.3, 0.4) is 0 Å². The van der Waals surface area contributed by atoms with Crippen LogP contribution in [0.5, 0.6) is 5.75 Å². The number of ether oxygens (including phenoxy) is 1. The lowest BCUT2D eigenvalue weighted by Gasteiger charge is -2.36. The first kappa shape index (κ1) is 20.8. The first-order chi connectivity index (χ1) is 16.1. The summed E-state index contributed by atoms with van der Waals surface area (Å²) in [5.74, 6) is 1.64. The molecule has 8 nitrogen and oxygen atoms in total. The number of hydrogen-bond acceptors (Lipinski definition) is 5. The lowest BCUT2D eigenvalue weighted by atomic mass is 9.80. The van der Waals surface area contributed by atoms with Gasteiger partial charge in [0, 0.05) is 24.3 Å². The predicted octanol–water partition coefficient (Wildman–Crippen LogP) is 3.88. The molecule has 1 saturated carbocycles. The number of benzene rings is 2. The summed E-state index contributed by atoms with van der Waals surface area (Å²) in [7, 11) is 0. The monoisotopic (exact) mass is 442 g/mol. The number of carbonyl (C=O) groups excluding carboxylic acids is 1. The zero-order valence-electron chi connectivity index (χ0n) is 18.1. The average molecular weight is 443 g/mol. The van der Waals surface area contributed by atoms with Crippen molar-refractivity contribution in [2.24, 2.45) is 11.7 Å². The van der Waals surface area contributed by atoms with Gasteiger partial charge in [-0.3, -0.25) is 0 Å². The Bertz CT molecular complexity index is 1280. The third kappa shape index (κ3) is 4.32. The summed E-state index contributed by atoms with van der Waals surface area (Å²) >= 11 is 0. The fourth-order valence-electron chi connectivity index (χ4n) is 4.44. The van der Waals surface area contributed by atoms with Crippen molar-refractivity contribution in [2.75, 3.05) is 12.3 Å². The van der Waals surface area contributed by atoms with E-state index in [1.165, 1.54) is 6.33 Å².